The molecule has 0 radical (unpaired) electrons. The summed E-state index contributed by atoms with van der Waals surface area (Å²) < 4.78 is 5.53. The quantitative estimate of drug-likeness (QED) is 0.703. The van der Waals surface area contributed by atoms with Gasteiger partial charge in [0.25, 0.3) is 0 Å². The Morgan fingerprint density at radius 3 is 2.93 bits per heavy atom. The Morgan fingerprint density at radius 1 is 1.40 bits per heavy atom. The molecular formula is C11H21N3O. The maximum absolute atomic E-state index is 5.97. The molecule has 1 unspecified atom stereocenters. The largest absolute Gasteiger partial charge is 0.381 e. The van der Waals surface area contributed by atoms with E-state index in [0.717, 1.165) is 39.0 Å². The number of hydrogen-bond donors (Lipinski definition) is 1. The Balaban J connectivity index is 2.19. The molecule has 2 rings (SSSR count). The highest BCUT2D eigenvalue weighted by molar-refractivity contribution is 5.81. The van der Waals surface area contributed by atoms with Gasteiger partial charge in [0.2, 0.25) is 0 Å². The van der Waals surface area contributed by atoms with Gasteiger partial charge in [0.05, 0.1) is 12.1 Å². The van der Waals surface area contributed by atoms with Crippen molar-refractivity contribution < 1.29 is 4.74 Å². The summed E-state index contributed by atoms with van der Waals surface area (Å²) >= 11 is 0. The molecule has 1 atom stereocenters. The zero-order valence-corrected chi connectivity index (χ0v) is 9.70. The lowest BCUT2D eigenvalue weighted by molar-refractivity contribution is 0.111. The van der Waals surface area contributed by atoms with Gasteiger partial charge in [-0.2, -0.15) is 0 Å². The van der Waals surface area contributed by atoms with Gasteiger partial charge in [0.15, 0.2) is 5.96 Å². The summed E-state index contributed by atoms with van der Waals surface area (Å²) in [6, 6.07) is 0.425. The molecule has 0 aliphatic carbocycles. The minimum atomic E-state index is 0.148. The van der Waals surface area contributed by atoms with Gasteiger partial charge in [-0.05, 0) is 33.1 Å². The fourth-order valence-electron chi connectivity index (χ4n) is 2.83. The van der Waals surface area contributed by atoms with Gasteiger partial charge in [-0.25, -0.2) is 0 Å². The number of ether oxygens (including phenoxy) is 1. The topological polar surface area (TPSA) is 50.8 Å². The zero-order chi connectivity index (χ0) is 10.9. The van der Waals surface area contributed by atoms with Crippen LogP contribution in [0.2, 0.25) is 0 Å². The summed E-state index contributed by atoms with van der Waals surface area (Å²) in [6.07, 6.45) is 3.32. The first-order valence-corrected chi connectivity index (χ1v) is 5.83. The van der Waals surface area contributed by atoms with Gasteiger partial charge in [-0.1, -0.05) is 0 Å². The Hall–Kier alpha value is -0.770. The van der Waals surface area contributed by atoms with Crippen LogP contribution in [0.25, 0.3) is 0 Å². The molecule has 0 aromatic rings. The van der Waals surface area contributed by atoms with Gasteiger partial charge < -0.3 is 15.4 Å². The normalized spacial score (nSPS) is 32.2. The van der Waals surface area contributed by atoms with E-state index in [1.807, 2.05) is 0 Å². The second kappa shape index (κ2) is 4.00. The second-order valence-electron chi connectivity index (χ2n) is 4.83. The van der Waals surface area contributed by atoms with E-state index in [1.54, 1.807) is 0 Å². The average molecular weight is 211 g/mol. The van der Waals surface area contributed by atoms with Crippen LogP contribution in [0.5, 0.6) is 0 Å². The van der Waals surface area contributed by atoms with Crippen molar-refractivity contribution in [2.45, 2.75) is 44.7 Å². The molecule has 0 amide bonds. The summed E-state index contributed by atoms with van der Waals surface area (Å²) in [5.41, 5.74) is 6.12. The van der Waals surface area contributed by atoms with E-state index in [-0.39, 0.29) is 5.54 Å². The van der Waals surface area contributed by atoms with Crippen molar-refractivity contribution >= 4 is 5.96 Å². The first-order valence-electron chi connectivity index (χ1n) is 5.83. The molecule has 0 aromatic carbocycles. The highest BCUT2D eigenvalue weighted by Gasteiger charge is 2.43. The first kappa shape index (κ1) is 10.7. The highest BCUT2D eigenvalue weighted by Crippen LogP contribution is 2.33. The average Bonchev–Trinajstić information content (AvgIpc) is 2.35. The number of rotatable bonds is 1. The number of aliphatic imine (C=N–C) groups is 1. The number of nitrogens with zero attached hydrogens (tertiary/aromatic N) is 2. The third kappa shape index (κ3) is 1.83. The molecule has 2 aliphatic rings. The molecule has 0 bridgehead atoms. The molecule has 1 fully saturated rings. The van der Waals surface area contributed by atoms with Gasteiger partial charge in [0.1, 0.15) is 0 Å². The fraction of sp³-hybridized carbons (Fsp3) is 0.909. The van der Waals surface area contributed by atoms with Crippen molar-refractivity contribution in [3.05, 3.63) is 0 Å². The Kier molecular flexibility index (Phi) is 2.87. The minimum Gasteiger partial charge on any atom is -0.381 e. The lowest BCUT2D eigenvalue weighted by atomic mass is 9.88. The predicted octanol–water partition coefficient (Wildman–Crippen LogP) is 0.964. The summed E-state index contributed by atoms with van der Waals surface area (Å²) in [7, 11) is 0. The van der Waals surface area contributed by atoms with Crippen LogP contribution in [0.1, 0.15) is 33.1 Å². The van der Waals surface area contributed by atoms with E-state index in [0.29, 0.717) is 12.0 Å². The maximum atomic E-state index is 5.97. The van der Waals surface area contributed by atoms with Crippen LogP contribution in [0.15, 0.2) is 4.99 Å². The van der Waals surface area contributed by atoms with E-state index in [9.17, 15) is 0 Å². The molecule has 86 valence electrons. The van der Waals surface area contributed by atoms with E-state index in [2.05, 4.69) is 23.7 Å². The van der Waals surface area contributed by atoms with E-state index >= 15 is 0 Å². The third-order valence-corrected chi connectivity index (χ3v) is 3.45. The van der Waals surface area contributed by atoms with Gasteiger partial charge in [-0.3, -0.25) is 4.99 Å². The van der Waals surface area contributed by atoms with Crippen LogP contribution < -0.4 is 5.73 Å². The molecule has 2 aliphatic heterocycles. The van der Waals surface area contributed by atoms with E-state index in [1.165, 1.54) is 0 Å². The van der Waals surface area contributed by atoms with Crippen LogP contribution in [0.3, 0.4) is 0 Å². The second-order valence-corrected chi connectivity index (χ2v) is 4.83. The smallest absolute Gasteiger partial charge is 0.192 e. The summed E-state index contributed by atoms with van der Waals surface area (Å²) in [5.74, 6) is 0.715. The summed E-state index contributed by atoms with van der Waals surface area (Å²) in [4.78, 5) is 6.72. The van der Waals surface area contributed by atoms with Crippen molar-refractivity contribution in [2.24, 2.45) is 10.7 Å². The molecule has 4 heteroatoms. The van der Waals surface area contributed by atoms with E-state index < -0.39 is 0 Å². The maximum Gasteiger partial charge on any atom is 0.192 e. The molecule has 2 heterocycles. The molecular weight excluding hydrogens is 190 g/mol. The standard InChI is InChI=1S/C11H21N3O/c1-9(2)14-10(12)13-8-11(14)4-3-6-15-7-5-11/h9H,3-8H2,1-2H3,(H2,12,13). The monoisotopic (exact) mass is 211 g/mol. The third-order valence-electron chi connectivity index (χ3n) is 3.45. The van der Waals surface area contributed by atoms with Crippen LogP contribution in [0.4, 0.5) is 0 Å². The molecule has 2 N–H and O–H groups in total. The van der Waals surface area contributed by atoms with Crippen molar-refractivity contribution in [1.29, 1.82) is 0 Å². The van der Waals surface area contributed by atoms with Gasteiger partial charge >= 0.3 is 0 Å². The van der Waals surface area contributed by atoms with Crippen LogP contribution >= 0.6 is 0 Å². The van der Waals surface area contributed by atoms with Crippen molar-refractivity contribution in [1.82, 2.24) is 4.90 Å². The SMILES string of the molecule is CC(C)N1C(N)=NCC12CCCOCC2. The Bertz CT molecular complexity index is 255. The Morgan fingerprint density at radius 2 is 2.20 bits per heavy atom. The van der Waals surface area contributed by atoms with Crippen LogP contribution in [-0.4, -0.2) is 42.2 Å². The molecule has 0 saturated carbocycles. The Labute approximate surface area is 91.5 Å². The first-order chi connectivity index (χ1) is 7.16. The summed E-state index contributed by atoms with van der Waals surface area (Å²) in [6.45, 7) is 6.93. The molecule has 15 heavy (non-hydrogen) atoms. The van der Waals surface area contributed by atoms with Crippen LogP contribution in [-0.2, 0) is 4.74 Å². The van der Waals surface area contributed by atoms with Crippen molar-refractivity contribution in [3.8, 4) is 0 Å². The zero-order valence-electron chi connectivity index (χ0n) is 9.70. The van der Waals surface area contributed by atoms with E-state index in [4.69, 9.17) is 10.5 Å². The fourth-order valence-corrected chi connectivity index (χ4v) is 2.83. The van der Waals surface area contributed by atoms with Gasteiger partial charge in [-0.15, -0.1) is 0 Å². The summed E-state index contributed by atoms with van der Waals surface area (Å²) in [5, 5.41) is 0. The number of guanidine groups is 1. The number of hydrogen-bond acceptors (Lipinski definition) is 4. The molecule has 1 saturated heterocycles. The molecule has 0 aromatic heterocycles. The highest BCUT2D eigenvalue weighted by atomic mass is 16.5. The molecule has 4 nitrogen and oxygen atoms in total. The van der Waals surface area contributed by atoms with Crippen molar-refractivity contribution in [3.63, 3.8) is 0 Å². The lowest BCUT2D eigenvalue weighted by Crippen LogP contribution is -2.54. The molecule has 1 spiro atoms. The van der Waals surface area contributed by atoms with Crippen LogP contribution in [0, 0.1) is 0 Å². The number of nitrogens with two attached hydrogens (primary N) is 1. The minimum absolute atomic E-state index is 0.148. The predicted molar refractivity (Wildman–Crippen MR) is 60.9 cm³/mol. The van der Waals surface area contributed by atoms with Crippen molar-refractivity contribution in [2.75, 3.05) is 19.8 Å². The van der Waals surface area contributed by atoms with Gasteiger partial charge in [0, 0.05) is 19.3 Å². The lowest BCUT2D eigenvalue weighted by Gasteiger charge is -2.41.